The number of nitrogen functional groups attached to an aromatic ring is 1. The second-order valence-electron chi connectivity index (χ2n) is 6.49. The lowest BCUT2D eigenvalue weighted by molar-refractivity contribution is 0.164. The number of nitrogens with two attached hydrogens (primary N) is 2. The highest BCUT2D eigenvalue weighted by atomic mass is 16.1. The molecule has 7 heteroatoms. The molecular weight excluding hydrogens is 304 g/mol. The number of aromatic nitrogens is 3. The predicted octanol–water partition coefficient (Wildman–Crippen LogP) is 0.769. The first-order valence-electron chi connectivity index (χ1n) is 8.31. The van der Waals surface area contributed by atoms with Gasteiger partial charge in [0.05, 0.1) is 17.6 Å². The second-order valence-corrected chi connectivity index (χ2v) is 6.49. The van der Waals surface area contributed by atoms with Gasteiger partial charge in [-0.2, -0.15) is 4.98 Å². The van der Waals surface area contributed by atoms with Crippen molar-refractivity contribution < 1.29 is 0 Å². The first kappa shape index (κ1) is 16.6. The Labute approximate surface area is 141 Å². The summed E-state index contributed by atoms with van der Waals surface area (Å²) in [4.78, 5) is 22.5. The van der Waals surface area contributed by atoms with Crippen LogP contribution < -0.4 is 17.2 Å². The van der Waals surface area contributed by atoms with Gasteiger partial charge < -0.3 is 11.5 Å². The Morgan fingerprint density at radius 3 is 2.62 bits per heavy atom. The molecule has 1 aliphatic heterocycles. The lowest BCUT2D eigenvalue weighted by atomic mass is 9.91. The van der Waals surface area contributed by atoms with Crippen molar-refractivity contribution in [3.05, 3.63) is 46.8 Å². The average Bonchev–Trinajstić information content (AvgIpc) is 2.56. The normalized spacial score (nSPS) is 17.8. The summed E-state index contributed by atoms with van der Waals surface area (Å²) in [7, 11) is 0. The summed E-state index contributed by atoms with van der Waals surface area (Å²) in [6, 6.07) is 5.71. The van der Waals surface area contributed by atoms with E-state index in [1.807, 2.05) is 12.1 Å². The van der Waals surface area contributed by atoms with Gasteiger partial charge in [0.2, 0.25) is 0 Å². The molecule has 128 valence electrons. The third kappa shape index (κ3) is 3.80. The molecule has 2 aromatic rings. The maximum atomic E-state index is 11.9. The zero-order valence-electron chi connectivity index (χ0n) is 13.9. The van der Waals surface area contributed by atoms with Crippen LogP contribution in [-0.4, -0.2) is 38.6 Å². The van der Waals surface area contributed by atoms with Crippen molar-refractivity contribution in [3.8, 4) is 5.69 Å². The van der Waals surface area contributed by atoms with E-state index in [2.05, 4.69) is 21.8 Å². The third-order valence-electron chi connectivity index (χ3n) is 4.67. The van der Waals surface area contributed by atoms with Crippen molar-refractivity contribution in [3.63, 3.8) is 0 Å². The lowest BCUT2D eigenvalue weighted by Gasteiger charge is -2.33. The van der Waals surface area contributed by atoms with Crippen LogP contribution in [0.3, 0.4) is 0 Å². The van der Waals surface area contributed by atoms with Crippen LogP contribution in [0.15, 0.2) is 35.4 Å². The Morgan fingerprint density at radius 1 is 1.29 bits per heavy atom. The first-order chi connectivity index (χ1) is 11.5. The van der Waals surface area contributed by atoms with Crippen molar-refractivity contribution in [1.82, 2.24) is 19.4 Å². The Kier molecular flexibility index (Phi) is 4.92. The van der Waals surface area contributed by atoms with Crippen LogP contribution in [0.2, 0.25) is 0 Å². The van der Waals surface area contributed by atoms with Crippen LogP contribution in [0.1, 0.15) is 25.5 Å². The fourth-order valence-electron chi connectivity index (χ4n) is 3.13. The molecule has 4 N–H and O–H groups in total. The van der Waals surface area contributed by atoms with Gasteiger partial charge in [0.15, 0.2) is 0 Å². The summed E-state index contributed by atoms with van der Waals surface area (Å²) in [5.41, 5.74) is 12.8. The van der Waals surface area contributed by atoms with Crippen molar-refractivity contribution in [2.45, 2.75) is 32.4 Å². The van der Waals surface area contributed by atoms with Gasteiger partial charge in [-0.25, -0.2) is 4.79 Å². The highest BCUT2D eigenvalue weighted by Crippen LogP contribution is 2.20. The van der Waals surface area contributed by atoms with Gasteiger partial charge in [-0.1, -0.05) is 0 Å². The number of likely N-dealkylation sites (tertiary alicyclic amines) is 1. The van der Waals surface area contributed by atoms with E-state index in [4.69, 9.17) is 11.5 Å². The van der Waals surface area contributed by atoms with Crippen LogP contribution in [0, 0.1) is 5.92 Å². The van der Waals surface area contributed by atoms with Crippen molar-refractivity contribution in [2.24, 2.45) is 11.7 Å². The lowest BCUT2D eigenvalue weighted by Crippen LogP contribution is -2.39. The van der Waals surface area contributed by atoms with Gasteiger partial charge in [0, 0.05) is 18.8 Å². The highest BCUT2D eigenvalue weighted by Gasteiger charge is 2.21. The zero-order valence-corrected chi connectivity index (χ0v) is 13.9. The Balaban J connectivity index is 1.64. The smallest absolute Gasteiger partial charge is 0.354 e. The zero-order chi connectivity index (χ0) is 17.1. The largest absolute Gasteiger partial charge is 0.383 e. The van der Waals surface area contributed by atoms with Crippen molar-refractivity contribution in [2.75, 3.05) is 18.8 Å². The SMILES string of the molecule is CC(N)C1CCN(Cc2ccc(-n3ccc(N)nc3=O)cn2)CC1. The van der Waals surface area contributed by atoms with E-state index in [1.165, 1.54) is 4.57 Å². The fraction of sp³-hybridized carbons (Fsp3) is 0.471. The standard InChI is InChI=1S/C17H24N6O/c1-12(18)13-4-7-22(8-5-13)11-14-2-3-15(10-20-14)23-9-6-16(19)21-17(23)24/h2-3,6,9-10,12-13H,4-5,7-8,11,18H2,1H3,(H2,19,21,24). The summed E-state index contributed by atoms with van der Waals surface area (Å²) in [5.74, 6) is 0.845. The number of hydrogen-bond acceptors (Lipinski definition) is 6. The molecule has 0 saturated carbocycles. The molecule has 0 spiro atoms. The number of hydrogen-bond donors (Lipinski definition) is 2. The van der Waals surface area contributed by atoms with E-state index in [0.717, 1.165) is 38.2 Å². The van der Waals surface area contributed by atoms with Crippen molar-refractivity contribution in [1.29, 1.82) is 0 Å². The average molecular weight is 328 g/mol. The molecule has 0 aliphatic carbocycles. The van der Waals surface area contributed by atoms with Crippen molar-refractivity contribution >= 4 is 5.82 Å². The second kappa shape index (κ2) is 7.11. The van der Waals surface area contributed by atoms with E-state index in [0.29, 0.717) is 11.6 Å². The summed E-state index contributed by atoms with van der Waals surface area (Å²) >= 11 is 0. The fourth-order valence-corrected chi connectivity index (χ4v) is 3.13. The van der Waals surface area contributed by atoms with Gasteiger partial charge in [-0.15, -0.1) is 0 Å². The molecule has 0 radical (unpaired) electrons. The number of piperidine rings is 1. The highest BCUT2D eigenvalue weighted by molar-refractivity contribution is 5.32. The molecule has 1 fully saturated rings. The molecule has 24 heavy (non-hydrogen) atoms. The molecule has 0 bridgehead atoms. The Bertz CT molecular complexity index is 731. The first-order valence-corrected chi connectivity index (χ1v) is 8.31. The summed E-state index contributed by atoms with van der Waals surface area (Å²) < 4.78 is 1.43. The number of rotatable bonds is 4. The Hall–Kier alpha value is -2.25. The molecule has 1 atom stereocenters. The monoisotopic (exact) mass is 328 g/mol. The maximum absolute atomic E-state index is 11.9. The third-order valence-corrected chi connectivity index (χ3v) is 4.67. The number of nitrogens with zero attached hydrogens (tertiary/aromatic N) is 4. The van der Waals surface area contributed by atoms with Gasteiger partial charge in [0.1, 0.15) is 5.82 Å². The quantitative estimate of drug-likeness (QED) is 0.859. The van der Waals surface area contributed by atoms with Gasteiger partial charge in [0.25, 0.3) is 0 Å². The molecule has 2 aromatic heterocycles. The predicted molar refractivity (Wildman–Crippen MR) is 93.7 cm³/mol. The molecule has 3 heterocycles. The molecular formula is C17H24N6O. The summed E-state index contributed by atoms with van der Waals surface area (Å²) in [6.45, 7) is 5.02. The van der Waals surface area contributed by atoms with E-state index in [-0.39, 0.29) is 11.9 Å². The molecule has 3 rings (SSSR count). The number of pyridine rings is 1. The van der Waals surface area contributed by atoms with Crippen LogP contribution in [-0.2, 0) is 6.54 Å². The topological polar surface area (TPSA) is 103 Å². The molecule has 1 saturated heterocycles. The number of anilines is 1. The molecule has 7 nitrogen and oxygen atoms in total. The van der Waals surface area contributed by atoms with Crippen LogP contribution in [0.25, 0.3) is 5.69 Å². The van der Waals surface area contributed by atoms with Gasteiger partial charge in [-0.05, 0) is 57.0 Å². The molecule has 1 unspecified atom stereocenters. The molecule has 0 amide bonds. The van der Waals surface area contributed by atoms with E-state index < -0.39 is 5.69 Å². The minimum absolute atomic E-state index is 0.219. The van der Waals surface area contributed by atoms with Crippen LogP contribution >= 0.6 is 0 Å². The minimum atomic E-state index is -0.400. The van der Waals surface area contributed by atoms with Crippen LogP contribution in [0.4, 0.5) is 5.82 Å². The Morgan fingerprint density at radius 2 is 2.04 bits per heavy atom. The van der Waals surface area contributed by atoms with Gasteiger partial charge in [-0.3, -0.25) is 14.5 Å². The maximum Gasteiger partial charge on any atom is 0.354 e. The molecule has 1 aliphatic rings. The summed E-state index contributed by atoms with van der Waals surface area (Å²) in [5, 5.41) is 0. The minimum Gasteiger partial charge on any atom is -0.383 e. The molecule has 0 aromatic carbocycles. The van der Waals surface area contributed by atoms with Gasteiger partial charge >= 0.3 is 5.69 Å². The summed E-state index contributed by atoms with van der Waals surface area (Å²) in [6.07, 6.45) is 5.59. The van der Waals surface area contributed by atoms with E-state index in [1.54, 1.807) is 18.5 Å². The van der Waals surface area contributed by atoms with E-state index in [9.17, 15) is 4.79 Å². The van der Waals surface area contributed by atoms with E-state index >= 15 is 0 Å². The van der Waals surface area contributed by atoms with Crippen LogP contribution in [0.5, 0.6) is 0 Å².